The molecular formula is C21H28O4. The van der Waals surface area contributed by atoms with E-state index in [1.54, 1.807) is 7.11 Å². The van der Waals surface area contributed by atoms with E-state index in [2.05, 4.69) is 39.0 Å². The van der Waals surface area contributed by atoms with Crippen LogP contribution in [0.15, 0.2) is 35.9 Å². The van der Waals surface area contributed by atoms with E-state index in [9.17, 15) is 4.79 Å². The molecule has 0 N–H and O–H groups in total. The first-order chi connectivity index (χ1) is 11.9. The highest BCUT2D eigenvalue weighted by Crippen LogP contribution is 2.56. The van der Waals surface area contributed by atoms with Crippen LogP contribution in [0.1, 0.15) is 39.4 Å². The second kappa shape index (κ2) is 6.83. The summed E-state index contributed by atoms with van der Waals surface area (Å²) in [4.78, 5) is 11.4. The van der Waals surface area contributed by atoms with E-state index in [0.717, 1.165) is 5.75 Å². The third kappa shape index (κ3) is 3.08. The largest absolute Gasteiger partial charge is 0.497 e. The number of rotatable bonds is 4. The van der Waals surface area contributed by atoms with E-state index in [1.807, 2.05) is 12.1 Å². The monoisotopic (exact) mass is 344 g/mol. The Morgan fingerprint density at radius 1 is 1.28 bits per heavy atom. The van der Waals surface area contributed by atoms with Crippen molar-refractivity contribution >= 4 is 5.97 Å². The van der Waals surface area contributed by atoms with Crippen LogP contribution in [0, 0.1) is 23.2 Å². The van der Waals surface area contributed by atoms with Gasteiger partial charge in [-0.15, -0.1) is 0 Å². The lowest BCUT2D eigenvalue weighted by Crippen LogP contribution is -2.54. The van der Waals surface area contributed by atoms with Gasteiger partial charge in [-0.2, -0.15) is 0 Å². The number of ether oxygens (including phenoxy) is 3. The van der Waals surface area contributed by atoms with Crippen LogP contribution in [0.3, 0.4) is 0 Å². The first-order valence-electron chi connectivity index (χ1n) is 8.96. The molecule has 1 aromatic rings. The average molecular weight is 344 g/mol. The summed E-state index contributed by atoms with van der Waals surface area (Å²) in [6.45, 7) is 9.16. The van der Waals surface area contributed by atoms with Crippen molar-refractivity contribution in [2.45, 2.75) is 33.8 Å². The highest BCUT2D eigenvalue weighted by molar-refractivity contribution is 5.66. The second-order valence-electron chi connectivity index (χ2n) is 7.53. The number of methoxy groups -OCH3 is 1. The van der Waals surface area contributed by atoms with Gasteiger partial charge in [-0.1, -0.05) is 37.6 Å². The van der Waals surface area contributed by atoms with Crippen LogP contribution in [0.25, 0.3) is 0 Å². The smallest absolute Gasteiger partial charge is 0.302 e. The second-order valence-corrected chi connectivity index (χ2v) is 7.53. The van der Waals surface area contributed by atoms with Gasteiger partial charge in [-0.25, -0.2) is 0 Å². The molecule has 1 saturated heterocycles. The molecule has 25 heavy (non-hydrogen) atoms. The van der Waals surface area contributed by atoms with Crippen molar-refractivity contribution in [2.75, 3.05) is 20.3 Å². The van der Waals surface area contributed by atoms with Crippen molar-refractivity contribution in [2.24, 2.45) is 23.2 Å². The Labute approximate surface area is 150 Å². The van der Waals surface area contributed by atoms with Crippen molar-refractivity contribution < 1.29 is 19.0 Å². The fourth-order valence-corrected chi connectivity index (χ4v) is 4.59. The Morgan fingerprint density at radius 2 is 1.96 bits per heavy atom. The zero-order valence-electron chi connectivity index (χ0n) is 15.7. The molecule has 4 nitrogen and oxygen atoms in total. The quantitative estimate of drug-likeness (QED) is 0.607. The molecule has 0 spiro atoms. The first-order valence-corrected chi connectivity index (χ1v) is 8.96. The summed E-state index contributed by atoms with van der Waals surface area (Å²) in [6, 6.07) is 8.13. The summed E-state index contributed by atoms with van der Waals surface area (Å²) < 4.78 is 17.1. The third-order valence-corrected chi connectivity index (χ3v) is 6.24. The van der Waals surface area contributed by atoms with Crippen molar-refractivity contribution in [3.8, 4) is 5.75 Å². The Balaban J connectivity index is 1.92. The normalized spacial score (nSPS) is 34.2. The van der Waals surface area contributed by atoms with Gasteiger partial charge >= 0.3 is 5.97 Å². The first kappa shape index (κ1) is 18.0. The van der Waals surface area contributed by atoms with Gasteiger partial charge in [0.1, 0.15) is 5.75 Å². The molecular weight excluding hydrogens is 316 g/mol. The fourth-order valence-electron chi connectivity index (χ4n) is 4.59. The molecule has 2 aliphatic rings. The van der Waals surface area contributed by atoms with E-state index < -0.39 is 0 Å². The number of carbonyl (C=O) groups is 1. The van der Waals surface area contributed by atoms with Gasteiger partial charge in [0.2, 0.25) is 0 Å². The molecule has 5 atom stereocenters. The van der Waals surface area contributed by atoms with Crippen LogP contribution in [-0.2, 0) is 14.3 Å². The van der Waals surface area contributed by atoms with Crippen LogP contribution < -0.4 is 4.74 Å². The van der Waals surface area contributed by atoms with E-state index in [4.69, 9.17) is 14.2 Å². The molecule has 0 aromatic heterocycles. The van der Waals surface area contributed by atoms with Crippen molar-refractivity contribution in [3.05, 3.63) is 41.5 Å². The molecule has 3 rings (SSSR count). The van der Waals surface area contributed by atoms with Crippen LogP contribution >= 0.6 is 0 Å². The molecule has 1 heterocycles. The number of allylic oxidation sites excluding steroid dienone is 1. The Bertz CT molecular complexity index is 663. The van der Waals surface area contributed by atoms with Gasteiger partial charge in [0.05, 0.1) is 26.4 Å². The molecule has 0 radical (unpaired) electrons. The van der Waals surface area contributed by atoms with E-state index >= 15 is 0 Å². The van der Waals surface area contributed by atoms with Crippen molar-refractivity contribution in [3.63, 3.8) is 0 Å². The number of esters is 1. The predicted molar refractivity (Wildman–Crippen MR) is 96.3 cm³/mol. The molecule has 1 aromatic carbocycles. The minimum atomic E-state index is -0.228. The minimum Gasteiger partial charge on any atom is -0.497 e. The number of carbonyl (C=O) groups excluding carboxylic acids is 1. The van der Waals surface area contributed by atoms with Crippen molar-refractivity contribution in [1.82, 2.24) is 0 Å². The summed E-state index contributed by atoms with van der Waals surface area (Å²) in [5.74, 6) is 1.59. The molecule has 0 unspecified atom stereocenters. The molecule has 1 aliphatic heterocycles. The Morgan fingerprint density at radius 3 is 2.56 bits per heavy atom. The zero-order chi connectivity index (χ0) is 18.2. The van der Waals surface area contributed by atoms with Crippen LogP contribution in [0.5, 0.6) is 5.75 Å². The minimum absolute atomic E-state index is 0.0232. The maximum atomic E-state index is 11.4. The van der Waals surface area contributed by atoms with Gasteiger partial charge in [-0.05, 0) is 36.5 Å². The van der Waals surface area contributed by atoms with Gasteiger partial charge in [-0.3, -0.25) is 4.79 Å². The molecule has 1 fully saturated rings. The van der Waals surface area contributed by atoms with E-state index in [1.165, 1.54) is 18.1 Å². The SMILES string of the molecule is COc1ccc([C@H]2OC[C@@]3(COC(C)=O)[C@@H](C)C=C(C)[C@@H]2[C@@H]3C)cc1. The zero-order valence-corrected chi connectivity index (χ0v) is 15.7. The topological polar surface area (TPSA) is 44.8 Å². The highest BCUT2D eigenvalue weighted by atomic mass is 16.5. The van der Waals surface area contributed by atoms with Gasteiger partial charge in [0.15, 0.2) is 0 Å². The summed E-state index contributed by atoms with van der Waals surface area (Å²) >= 11 is 0. The van der Waals surface area contributed by atoms with Gasteiger partial charge in [0.25, 0.3) is 0 Å². The third-order valence-electron chi connectivity index (χ3n) is 6.24. The van der Waals surface area contributed by atoms with E-state index in [-0.39, 0.29) is 23.4 Å². The Hall–Kier alpha value is -1.81. The molecule has 136 valence electrons. The summed E-state index contributed by atoms with van der Waals surface area (Å²) in [7, 11) is 1.67. The van der Waals surface area contributed by atoms with Crippen LogP contribution in [0.2, 0.25) is 0 Å². The molecule has 1 aliphatic carbocycles. The standard InChI is InChI=1S/C21H28O4/c1-13-10-14(2)21(11-24-16(4)22)12-25-20(19(13)15(21)3)17-6-8-18(23-5)9-7-17/h6-10,14-15,19-20H,11-12H2,1-5H3/t14-,15-,19+,20+,21-/m0/s1. The summed E-state index contributed by atoms with van der Waals surface area (Å²) in [5.41, 5.74) is 2.37. The van der Waals surface area contributed by atoms with Gasteiger partial charge in [0, 0.05) is 18.3 Å². The van der Waals surface area contributed by atoms with Crippen molar-refractivity contribution in [1.29, 1.82) is 0 Å². The lowest BCUT2D eigenvalue weighted by Gasteiger charge is -2.55. The predicted octanol–water partition coefficient (Wildman–Crippen LogP) is 4.16. The molecule has 4 heteroatoms. The summed E-state index contributed by atoms with van der Waals surface area (Å²) in [6.07, 6.45) is 2.36. The Kier molecular flexibility index (Phi) is 4.92. The highest BCUT2D eigenvalue weighted by Gasteiger charge is 2.54. The lowest BCUT2D eigenvalue weighted by atomic mass is 9.56. The maximum absolute atomic E-state index is 11.4. The maximum Gasteiger partial charge on any atom is 0.302 e. The van der Waals surface area contributed by atoms with E-state index in [0.29, 0.717) is 25.0 Å². The number of fused-ring (bicyclic) bond motifs is 2. The van der Waals surface area contributed by atoms with Crippen LogP contribution in [-0.4, -0.2) is 26.3 Å². The summed E-state index contributed by atoms with van der Waals surface area (Å²) in [5, 5.41) is 0. The number of hydrogen-bond donors (Lipinski definition) is 0. The van der Waals surface area contributed by atoms with Gasteiger partial charge < -0.3 is 14.2 Å². The molecule has 0 saturated carbocycles. The molecule has 0 amide bonds. The molecule has 2 bridgehead atoms. The number of hydrogen-bond acceptors (Lipinski definition) is 4. The fraction of sp³-hybridized carbons (Fsp3) is 0.571. The van der Waals surface area contributed by atoms with Crippen LogP contribution in [0.4, 0.5) is 0 Å². The number of benzene rings is 1. The average Bonchev–Trinajstić information content (AvgIpc) is 2.59. The lowest BCUT2D eigenvalue weighted by molar-refractivity contribution is -0.180.